The molecule has 0 aromatic carbocycles. The third kappa shape index (κ3) is 2.07. The smallest absolute Gasteiger partial charge is 0.326 e. The number of carbonyl (C=O) groups is 1. The molecular weight excluding hydrogens is 182 g/mol. The van der Waals surface area contributed by atoms with Gasteiger partial charge in [-0.2, -0.15) is 0 Å². The van der Waals surface area contributed by atoms with Crippen LogP contribution < -0.4 is 5.32 Å². The second-order valence-corrected chi connectivity index (χ2v) is 3.77. The molecule has 0 atom stereocenters. The summed E-state index contributed by atoms with van der Waals surface area (Å²) >= 11 is 0. The lowest BCUT2D eigenvalue weighted by molar-refractivity contribution is -0.160. The maximum atomic E-state index is 11.5. The maximum Gasteiger partial charge on any atom is 0.326 e. The van der Waals surface area contributed by atoms with Crippen LogP contribution in [0.1, 0.15) is 26.2 Å². The van der Waals surface area contributed by atoms with Crippen LogP contribution in [0.25, 0.3) is 0 Å². The van der Waals surface area contributed by atoms with Gasteiger partial charge in [-0.3, -0.25) is 4.79 Å². The van der Waals surface area contributed by atoms with E-state index in [-0.39, 0.29) is 12.1 Å². The van der Waals surface area contributed by atoms with Crippen LogP contribution in [0.4, 0.5) is 0 Å². The molecule has 0 amide bonds. The minimum atomic E-state index is -0.481. The van der Waals surface area contributed by atoms with Crippen LogP contribution in [0.15, 0.2) is 0 Å². The van der Waals surface area contributed by atoms with E-state index in [2.05, 4.69) is 12.2 Å². The van der Waals surface area contributed by atoms with E-state index in [0.717, 1.165) is 25.8 Å². The summed E-state index contributed by atoms with van der Waals surface area (Å²) in [5, 5.41) is 3.24. The van der Waals surface area contributed by atoms with Gasteiger partial charge in [-0.15, -0.1) is 0 Å². The zero-order valence-corrected chi connectivity index (χ0v) is 9.13. The van der Waals surface area contributed by atoms with Crippen molar-refractivity contribution in [1.29, 1.82) is 0 Å². The Labute approximate surface area is 85.0 Å². The quantitative estimate of drug-likeness (QED) is 0.665. The van der Waals surface area contributed by atoms with Gasteiger partial charge >= 0.3 is 5.97 Å². The van der Waals surface area contributed by atoms with Crippen molar-refractivity contribution in [2.75, 3.05) is 20.8 Å². The van der Waals surface area contributed by atoms with Crippen molar-refractivity contribution in [3.8, 4) is 0 Å². The first-order chi connectivity index (χ1) is 6.68. The Morgan fingerprint density at radius 2 is 2.14 bits per heavy atom. The Balaban J connectivity index is 2.50. The number of hydrogen-bond donors (Lipinski definition) is 1. The Morgan fingerprint density at radius 3 is 2.57 bits per heavy atom. The van der Waals surface area contributed by atoms with E-state index >= 15 is 0 Å². The predicted molar refractivity (Wildman–Crippen MR) is 53.1 cm³/mol. The number of carbonyl (C=O) groups excluding carboxylic acids is 1. The summed E-state index contributed by atoms with van der Waals surface area (Å²) in [4.78, 5) is 11.5. The summed E-state index contributed by atoms with van der Waals surface area (Å²) in [6.45, 7) is 2.91. The van der Waals surface area contributed by atoms with Crippen LogP contribution in [0.5, 0.6) is 0 Å². The number of hydrogen-bond acceptors (Lipinski definition) is 4. The van der Waals surface area contributed by atoms with Crippen molar-refractivity contribution >= 4 is 5.97 Å². The molecule has 1 saturated carbocycles. The summed E-state index contributed by atoms with van der Waals surface area (Å²) in [7, 11) is 3.10. The number of ether oxygens (including phenoxy) is 2. The third-order valence-electron chi connectivity index (χ3n) is 2.78. The van der Waals surface area contributed by atoms with Gasteiger partial charge in [0, 0.05) is 20.0 Å². The average molecular weight is 201 g/mol. The molecule has 0 radical (unpaired) electrons. The van der Waals surface area contributed by atoms with Gasteiger partial charge in [-0.1, -0.05) is 6.92 Å². The topological polar surface area (TPSA) is 47.6 Å². The van der Waals surface area contributed by atoms with E-state index < -0.39 is 5.54 Å². The SMILES string of the molecule is CCCNC1(C(=O)OC)CC(OC)C1. The van der Waals surface area contributed by atoms with Crippen molar-refractivity contribution in [1.82, 2.24) is 5.32 Å². The maximum absolute atomic E-state index is 11.5. The minimum Gasteiger partial charge on any atom is -0.468 e. The van der Waals surface area contributed by atoms with Crippen molar-refractivity contribution in [2.45, 2.75) is 37.8 Å². The van der Waals surface area contributed by atoms with Gasteiger partial charge in [0.2, 0.25) is 0 Å². The van der Waals surface area contributed by atoms with Gasteiger partial charge in [0.1, 0.15) is 5.54 Å². The zero-order chi connectivity index (χ0) is 10.6. The fraction of sp³-hybridized carbons (Fsp3) is 0.900. The summed E-state index contributed by atoms with van der Waals surface area (Å²) in [5.74, 6) is -0.167. The number of rotatable bonds is 5. The normalized spacial score (nSPS) is 30.9. The third-order valence-corrected chi connectivity index (χ3v) is 2.78. The molecule has 4 heteroatoms. The van der Waals surface area contributed by atoms with Crippen LogP contribution in [0.3, 0.4) is 0 Å². The molecule has 1 aliphatic carbocycles. The number of nitrogens with one attached hydrogen (secondary N) is 1. The van der Waals surface area contributed by atoms with Crippen molar-refractivity contribution < 1.29 is 14.3 Å². The number of esters is 1. The van der Waals surface area contributed by atoms with Gasteiger partial charge in [0.15, 0.2) is 0 Å². The molecule has 1 rings (SSSR count). The molecule has 0 spiro atoms. The molecule has 0 aliphatic heterocycles. The largest absolute Gasteiger partial charge is 0.468 e. The molecule has 82 valence electrons. The molecule has 4 nitrogen and oxygen atoms in total. The van der Waals surface area contributed by atoms with Crippen LogP contribution in [0.2, 0.25) is 0 Å². The molecule has 1 aliphatic rings. The van der Waals surface area contributed by atoms with Crippen LogP contribution in [-0.2, 0) is 14.3 Å². The zero-order valence-electron chi connectivity index (χ0n) is 9.13. The molecule has 0 heterocycles. The highest BCUT2D eigenvalue weighted by molar-refractivity contribution is 5.82. The van der Waals surface area contributed by atoms with Crippen molar-refractivity contribution in [3.05, 3.63) is 0 Å². The molecule has 0 bridgehead atoms. The van der Waals surface area contributed by atoms with Crippen LogP contribution in [-0.4, -0.2) is 38.4 Å². The van der Waals surface area contributed by atoms with Gasteiger partial charge < -0.3 is 14.8 Å². The monoisotopic (exact) mass is 201 g/mol. The molecular formula is C10H19NO3. The van der Waals surface area contributed by atoms with Crippen molar-refractivity contribution in [2.24, 2.45) is 0 Å². The van der Waals surface area contributed by atoms with Gasteiger partial charge in [0.05, 0.1) is 13.2 Å². The fourth-order valence-corrected chi connectivity index (χ4v) is 1.83. The lowest BCUT2D eigenvalue weighted by atomic mass is 9.74. The standard InChI is InChI=1S/C10H19NO3/c1-4-5-11-10(9(12)14-3)6-8(7-10)13-2/h8,11H,4-7H2,1-3H3. The first kappa shape index (κ1) is 11.5. The Bertz CT molecular complexity index is 194. The first-order valence-electron chi connectivity index (χ1n) is 5.04. The first-order valence-corrected chi connectivity index (χ1v) is 5.04. The molecule has 1 N–H and O–H groups in total. The summed E-state index contributed by atoms with van der Waals surface area (Å²) < 4.78 is 9.96. The van der Waals surface area contributed by atoms with Gasteiger partial charge in [-0.25, -0.2) is 0 Å². The molecule has 0 aromatic heterocycles. The van der Waals surface area contributed by atoms with E-state index in [9.17, 15) is 4.79 Å². The highest BCUT2D eigenvalue weighted by Crippen LogP contribution is 2.35. The summed E-state index contributed by atoms with van der Waals surface area (Å²) in [6.07, 6.45) is 2.64. The minimum absolute atomic E-state index is 0.167. The van der Waals surface area contributed by atoms with Crippen LogP contribution >= 0.6 is 0 Å². The van der Waals surface area contributed by atoms with E-state index in [0.29, 0.717) is 0 Å². The van der Waals surface area contributed by atoms with Crippen molar-refractivity contribution in [3.63, 3.8) is 0 Å². The highest BCUT2D eigenvalue weighted by atomic mass is 16.5. The molecule has 1 fully saturated rings. The van der Waals surface area contributed by atoms with Crippen LogP contribution in [0, 0.1) is 0 Å². The highest BCUT2D eigenvalue weighted by Gasteiger charge is 2.51. The Hall–Kier alpha value is -0.610. The Morgan fingerprint density at radius 1 is 1.50 bits per heavy atom. The number of methoxy groups -OCH3 is 2. The second-order valence-electron chi connectivity index (χ2n) is 3.77. The van der Waals surface area contributed by atoms with E-state index in [1.54, 1.807) is 7.11 Å². The summed E-state index contributed by atoms with van der Waals surface area (Å²) in [6, 6.07) is 0. The molecule has 0 aromatic rings. The van der Waals surface area contributed by atoms with Gasteiger partial charge in [0.25, 0.3) is 0 Å². The second kappa shape index (κ2) is 4.75. The van der Waals surface area contributed by atoms with E-state index in [1.807, 2.05) is 0 Å². The summed E-state index contributed by atoms with van der Waals surface area (Å²) in [5.41, 5.74) is -0.481. The molecule has 0 saturated heterocycles. The average Bonchev–Trinajstić information content (AvgIpc) is 2.16. The van der Waals surface area contributed by atoms with E-state index in [1.165, 1.54) is 7.11 Å². The lowest BCUT2D eigenvalue weighted by Gasteiger charge is -2.44. The van der Waals surface area contributed by atoms with E-state index in [4.69, 9.17) is 9.47 Å². The fourth-order valence-electron chi connectivity index (χ4n) is 1.83. The predicted octanol–water partition coefficient (Wildman–Crippen LogP) is 0.707. The Kier molecular flexibility index (Phi) is 3.89. The molecule has 0 unspecified atom stereocenters. The molecule has 14 heavy (non-hydrogen) atoms. The lowest BCUT2D eigenvalue weighted by Crippen LogP contribution is -2.63. The van der Waals surface area contributed by atoms with Gasteiger partial charge in [-0.05, 0) is 13.0 Å².